The maximum absolute atomic E-state index is 11.5. The molecule has 0 aliphatic carbocycles. The number of nitrogens with zero attached hydrogens (tertiary/aromatic N) is 3. The molecule has 6 heteroatoms. The molecule has 0 aliphatic rings. The van der Waals surface area contributed by atoms with Gasteiger partial charge in [-0.25, -0.2) is 4.98 Å². The lowest BCUT2D eigenvalue weighted by atomic mass is 10.1. The maximum atomic E-state index is 11.5. The van der Waals surface area contributed by atoms with E-state index in [0.29, 0.717) is 6.54 Å². The summed E-state index contributed by atoms with van der Waals surface area (Å²) in [7, 11) is 0. The lowest BCUT2D eigenvalue weighted by Gasteiger charge is -2.06. The van der Waals surface area contributed by atoms with Crippen LogP contribution in [0.3, 0.4) is 0 Å². The lowest BCUT2D eigenvalue weighted by Crippen LogP contribution is -2.12. The average molecular weight is 303 g/mol. The molecule has 0 aromatic carbocycles. The topological polar surface area (TPSA) is 59.5 Å². The van der Waals surface area contributed by atoms with Gasteiger partial charge in [0.2, 0.25) is 5.88 Å². The average Bonchev–Trinajstić information content (AvgIpc) is 3.08. The Bertz CT molecular complexity index is 787. The van der Waals surface area contributed by atoms with Crippen LogP contribution >= 0.6 is 11.3 Å². The summed E-state index contributed by atoms with van der Waals surface area (Å²) < 4.78 is 3.54. The highest BCUT2D eigenvalue weighted by Gasteiger charge is 2.04. The van der Waals surface area contributed by atoms with Crippen LogP contribution in [0, 0.1) is 0 Å². The largest absolute Gasteiger partial charge is 0.494 e. The summed E-state index contributed by atoms with van der Waals surface area (Å²) in [5.41, 5.74) is 2.22. The molecule has 0 aliphatic heterocycles. The van der Waals surface area contributed by atoms with Gasteiger partial charge in [-0.1, -0.05) is 23.8 Å². The fraction of sp³-hybridized carbons (Fsp3) is 0.333. The summed E-state index contributed by atoms with van der Waals surface area (Å²) in [5.74, 6) is 0.0770. The highest BCUT2D eigenvalue weighted by atomic mass is 32.1. The zero-order valence-corrected chi connectivity index (χ0v) is 12.4. The number of aryl methyl sites for hydroxylation is 1. The maximum Gasteiger partial charge on any atom is 0.309 e. The van der Waals surface area contributed by atoms with Crippen molar-refractivity contribution < 1.29 is 5.11 Å². The molecule has 1 N–H and O–H groups in total. The van der Waals surface area contributed by atoms with E-state index in [1.165, 1.54) is 15.6 Å². The molecule has 3 rings (SSSR count). The summed E-state index contributed by atoms with van der Waals surface area (Å²) in [5, 5.41) is 11.0. The summed E-state index contributed by atoms with van der Waals surface area (Å²) in [6, 6.07) is 6.14. The predicted molar refractivity (Wildman–Crippen MR) is 83.0 cm³/mol. The van der Waals surface area contributed by atoms with E-state index in [-0.39, 0.29) is 10.8 Å². The second-order valence-corrected chi connectivity index (χ2v) is 5.82. The number of thiazole rings is 1. The number of imidazole rings is 1. The highest BCUT2D eigenvalue weighted by molar-refractivity contribution is 7.07. The molecular weight excluding hydrogens is 286 g/mol. The minimum Gasteiger partial charge on any atom is -0.494 e. The Morgan fingerprint density at radius 1 is 1.24 bits per heavy atom. The molecule has 3 aromatic heterocycles. The Labute approximate surface area is 126 Å². The third kappa shape index (κ3) is 3.00. The van der Waals surface area contributed by atoms with E-state index in [1.54, 1.807) is 0 Å². The van der Waals surface area contributed by atoms with E-state index >= 15 is 0 Å². The second kappa shape index (κ2) is 6.13. The Morgan fingerprint density at radius 2 is 2.14 bits per heavy atom. The number of aromatic nitrogens is 3. The molecule has 0 amide bonds. The van der Waals surface area contributed by atoms with Crippen molar-refractivity contribution in [3.8, 4) is 5.88 Å². The Kier molecular flexibility index (Phi) is 4.06. The summed E-state index contributed by atoms with van der Waals surface area (Å²) in [6.07, 6.45) is 7.74. The highest BCUT2D eigenvalue weighted by Crippen LogP contribution is 2.13. The van der Waals surface area contributed by atoms with Gasteiger partial charge in [0.25, 0.3) is 0 Å². The summed E-state index contributed by atoms with van der Waals surface area (Å²) >= 11 is 1.04. The van der Waals surface area contributed by atoms with Gasteiger partial charge in [0.1, 0.15) is 5.65 Å². The number of pyridine rings is 1. The Balaban J connectivity index is 1.51. The first-order chi connectivity index (χ1) is 10.3. The van der Waals surface area contributed by atoms with Gasteiger partial charge in [0, 0.05) is 24.6 Å². The van der Waals surface area contributed by atoms with Crippen LogP contribution in [0.15, 0.2) is 40.8 Å². The second-order valence-electron chi connectivity index (χ2n) is 4.99. The van der Waals surface area contributed by atoms with E-state index in [1.807, 2.05) is 24.5 Å². The standard InChI is InChI=1S/C15H17N3O2S/c19-14-11-21-15(20)18(14)9-3-1-2-5-12-6-4-7-13-16-8-10-17(12)13/h4,6-8,10-11,19H,1-3,5,9H2. The SMILES string of the molecule is O=c1scc(O)n1CCCCCc1cccc2nccn12. The van der Waals surface area contributed by atoms with Crippen LogP contribution in [0.5, 0.6) is 5.88 Å². The van der Waals surface area contributed by atoms with Crippen molar-refractivity contribution in [2.45, 2.75) is 32.2 Å². The smallest absolute Gasteiger partial charge is 0.309 e. The van der Waals surface area contributed by atoms with Gasteiger partial charge < -0.3 is 9.51 Å². The van der Waals surface area contributed by atoms with Crippen LogP contribution in [0.25, 0.3) is 5.65 Å². The fourth-order valence-corrected chi connectivity index (χ4v) is 3.14. The molecule has 3 heterocycles. The summed E-state index contributed by atoms with van der Waals surface area (Å²) in [6.45, 7) is 0.587. The van der Waals surface area contributed by atoms with Gasteiger partial charge >= 0.3 is 4.87 Å². The van der Waals surface area contributed by atoms with Crippen LogP contribution < -0.4 is 4.87 Å². The lowest BCUT2D eigenvalue weighted by molar-refractivity contribution is 0.406. The van der Waals surface area contributed by atoms with Crippen molar-refractivity contribution in [1.82, 2.24) is 14.0 Å². The molecule has 5 nitrogen and oxygen atoms in total. The first-order valence-electron chi connectivity index (χ1n) is 7.04. The van der Waals surface area contributed by atoms with Gasteiger partial charge in [-0.3, -0.25) is 9.36 Å². The van der Waals surface area contributed by atoms with Crippen molar-refractivity contribution in [1.29, 1.82) is 0 Å². The molecule has 0 unspecified atom stereocenters. The van der Waals surface area contributed by atoms with Crippen molar-refractivity contribution >= 4 is 17.0 Å². The Morgan fingerprint density at radius 3 is 2.95 bits per heavy atom. The van der Waals surface area contributed by atoms with E-state index < -0.39 is 0 Å². The number of aromatic hydroxyl groups is 1. The van der Waals surface area contributed by atoms with Gasteiger partial charge in [-0.2, -0.15) is 0 Å². The van der Waals surface area contributed by atoms with Crippen LogP contribution in [-0.4, -0.2) is 19.1 Å². The number of fused-ring (bicyclic) bond motifs is 1. The first-order valence-corrected chi connectivity index (χ1v) is 7.92. The third-order valence-electron chi connectivity index (χ3n) is 3.59. The van der Waals surface area contributed by atoms with E-state index in [0.717, 1.165) is 42.7 Å². The van der Waals surface area contributed by atoms with E-state index in [4.69, 9.17) is 0 Å². The monoisotopic (exact) mass is 303 g/mol. The van der Waals surface area contributed by atoms with E-state index in [2.05, 4.69) is 15.5 Å². The van der Waals surface area contributed by atoms with Crippen molar-refractivity contribution in [3.05, 3.63) is 51.3 Å². The Hall–Kier alpha value is -2.08. The van der Waals surface area contributed by atoms with Crippen LogP contribution in [-0.2, 0) is 13.0 Å². The molecule has 0 saturated heterocycles. The molecule has 21 heavy (non-hydrogen) atoms. The first kappa shape index (κ1) is 13.9. The van der Waals surface area contributed by atoms with Gasteiger partial charge in [-0.05, 0) is 31.4 Å². The molecule has 0 radical (unpaired) electrons. The normalized spacial score (nSPS) is 11.2. The van der Waals surface area contributed by atoms with Crippen LogP contribution in [0.4, 0.5) is 0 Å². The molecular formula is C15H17N3O2S. The third-order valence-corrected chi connectivity index (χ3v) is 4.34. The zero-order chi connectivity index (χ0) is 14.7. The van der Waals surface area contributed by atoms with Crippen molar-refractivity contribution in [2.24, 2.45) is 0 Å². The molecule has 0 saturated carbocycles. The van der Waals surface area contributed by atoms with Crippen molar-refractivity contribution in [2.75, 3.05) is 0 Å². The number of hydrogen-bond donors (Lipinski definition) is 1. The van der Waals surface area contributed by atoms with E-state index in [9.17, 15) is 9.90 Å². The number of hydrogen-bond acceptors (Lipinski definition) is 4. The molecule has 0 spiro atoms. The van der Waals surface area contributed by atoms with Gasteiger partial charge in [0.05, 0.1) is 5.38 Å². The number of unbranched alkanes of at least 4 members (excludes halogenated alkanes) is 2. The molecule has 3 aromatic rings. The van der Waals surface area contributed by atoms with Gasteiger partial charge in [0.15, 0.2) is 0 Å². The zero-order valence-electron chi connectivity index (χ0n) is 11.6. The quantitative estimate of drug-likeness (QED) is 0.712. The molecule has 0 fully saturated rings. The predicted octanol–water partition coefficient (Wildman–Crippen LogP) is 2.68. The van der Waals surface area contributed by atoms with Gasteiger partial charge in [-0.15, -0.1) is 0 Å². The van der Waals surface area contributed by atoms with Crippen molar-refractivity contribution in [3.63, 3.8) is 0 Å². The fourth-order valence-electron chi connectivity index (χ4n) is 2.49. The summed E-state index contributed by atoms with van der Waals surface area (Å²) in [4.78, 5) is 15.6. The number of rotatable bonds is 6. The van der Waals surface area contributed by atoms with Crippen LogP contribution in [0.1, 0.15) is 25.0 Å². The van der Waals surface area contributed by atoms with Crippen LogP contribution in [0.2, 0.25) is 0 Å². The minimum absolute atomic E-state index is 0.0770. The molecule has 0 atom stereocenters. The molecule has 110 valence electrons. The minimum atomic E-state index is -0.0873. The molecule has 0 bridgehead atoms.